The molecule has 1 aromatic carbocycles. The number of esters is 1. The van der Waals surface area contributed by atoms with E-state index in [1.807, 2.05) is 30.3 Å². The molecule has 27 heavy (non-hydrogen) atoms. The maximum absolute atomic E-state index is 12.1. The monoisotopic (exact) mass is 365 g/mol. The van der Waals surface area contributed by atoms with Crippen LogP contribution in [0, 0.1) is 0 Å². The average Bonchev–Trinajstić information content (AvgIpc) is 3.46. The van der Waals surface area contributed by atoms with Crippen LogP contribution in [0.1, 0.15) is 22.0 Å². The summed E-state index contributed by atoms with van der Waals surface area (Å²) in [6.45, 7) is 0.173. The largest absolute Gasteiger partial charge is 0.486 e. The highest BCUT2D eigenvalue weighted by Crippen LogP contribution is 2.21. The molecular weight excluding hydrogens is 350 g/mol. The Morgan fingerprint density at radius 2 is 1.85 bits per heavy atom. The lowest BCUT2D eigenvalue weighted by molar-refractivity contribution is 0.0424. The van der Waals surface area contributed by atoms with E-state index in [9.17, 15) is 4.79 Å². The zero-order valence-electron chi connectivity index (χ0n) is 14.2. The van der Waals surface area contributed by atoms with Crippen LogP contribution in [0.15, 0.2) is 80.3 Å². The molecule has 4 aromatic rings. The maximum atomic E-state index is 12.1. The van der Waals surface area contributed by atoms with E-state index in [1.54, 1.807) is 30.3 Å². The molecule has 0 aliphatic carbocycles. The summed E-state index contributed by atoms with van der Waals surface area (Å²) in [6.07, 6.45) is 1.54. The van der Waals surface area contributed by atoms with E-state index in [2.05, 4.69) is 5.16 Å². The van der Waals surface area contributed by atoms with Crippen LogP contribution in [0.3, 0.4) is 0 Å². The first kappa shape index (κ1) is 16.7. The molecule has 4 rings (SSSR count). The van der Waals surface area contributed by atoms with Crippen LogP contribution in [0.2, 0.25) is 0 Å². The van der Waals surface area contributed by atoms with Crippen LogP contribution in [0.25, 0.3) is 11.5 Å². The molecule has 3 heterocycles. The number of carbonyl (C=O) groups is 1. The second kappa shape index (κ2) is 7.65. The summed E-state index contributed by atoms with van der Waals surface area (Å²) in [6, 6.07) is 17.7. The van der Waals surface area contributed by atoms with Crippen molar-refractivity contribution in [2.75, 3.05) is 0 Å². The number of furan rings is 2. The molecule has 136 valence electrons. The third-order valence-electron chi connectivity index (χ3n) is 3.66. The van der Waals surface area contributed by atoms with Crippen molar-refractivity contribution >= 4 is 5.97 Å². The van der Waals surface area contributed by atoms with Gasteiger partial charge in [0.25, 0.3) is 0 Å². The molecule has 0 saturated carbocycles. The van der Waals surface area contributed by atoms with Gasteiger partial charge in [0.05, 0.1) is 6.26 Å². The summed E-state index contributed by atoms with van der Waals surface area (Å²) in [4.78, 5) is 12.1. The lowest BCUT2D eigenvalue weighted by Crippen LogP contribution is -2.04. The van der Waals surface area contributed by atoms with Gasteiger partial charge in [-0.05, 0) is 36.4 Å². The molecule has 0 fully saturated rings. The molecule has 7 nitrogen and oxygen atoms in total. The van der Waals surface area contributed by atoms with Gasteiger partial charge in [0.15, 0.2) is 5.76 Å². The van der Waals surface area contributed by atoms with Gasteiger partial charge >= 0.3 is 5.97 Å². The van der Waals surface area contributed by atoms with Gasteiger partial charge < -0.3 is 22.8 Å². The lowest BCUT2D eigenvalue weighted by atomic mass is 10.3. The van der Waals surface area contributed by atoms with E-state index >= 15 is 0 Å². The van der Waals surface area contributed by atoms with E-state index in [0.29, 0.717) is 23.0 Å². The summed E-state index contributed by atoms with van der Waals surface area (Å²) >= 11 is 0. The molecule has 0 radical (unpaired) electrons. The Morgan fingerprint density at radius 3 is 2.67 bits per heavy atom. The van der Waals surface area contributed by atoms with Gasteiger partial charge in [-0.15, -0.1) is 0 Å². The predicted octanol–water partition coefficient (Wildman–Crippen LogP) is 4.46. The smallest absolute Gasteiger partial charge is 0.374 e. The molecule has 0 saturated heterocycles. The Hall–Kier alpha value is -3.74. The Kier molecular flexibility index (Phi) is 4.74. The Labute approximate surface area is 154 Å². The molecule has 0 spiro atoms. The van der Waals surface area contributed by atoms with Gasteiger partial charge in [-0.3, -0.25) is 0 Å². The van der Waals surface area contributed by atoms with E-state index in [4.69, 9.17) is 22.8 Å². The molecule has 0 N–H and O–H groups in total. The first-order chi connectivity index (χ1) is 13.3. The molecule has 0 aliphatic rings. The molecule has 3 aromatic heterocycles. The highest BCUT2D eigenvalue weighted by molar-refractivity contribution is 5.86. The van der Waals surface area contributed by atoms with Crippen LogP contribution >= 0.6 is 0 Å². The van der Waals surface area contributed by atoms with Gasteiger partial charge in [0.2, 0.25) is 11.5 Å². The lowest BCUT2D eigenvalue weighted by Gasteiger charge is -2.03. The number of benzene rings is 1. The molecule has 0 amide bonds. The summed E-state index contributed by atoms with van der Waals surface area (Å²) in [5.41, 5.74) is 0.467. The summed E-state index contributed by atoms with van der Waals surface area (Å²) in [7, 11) is 0. The van der Waals surface area contributed by atoms with Crippen LogP contribution in [0.4, 0.5) is 0 Å². The fourth-order valence-electron chi connectivity index (χ4n) is 2.36. The maximum Gasteiger partial charge on any atom is 0.374 e. The highest BCUT2D eigenvalue weighted by atomic mass is 16.6. The second-order valence-corrected chi connectivity index (χ2v) is 5.60. The van der Waals surface area contributed by atoms with E-state index in [0.717, 1.165) is 5.75 Å². The topological polar surface area (TPSA) is 87.8 Å². The Balaban J connectivity index is 1.30. The standard InChI is InChI=1S/C20H15NO6/c22-20(25-12-14-11-19(27-21-14)17-7-4-10-23-17)18-9-8-16(26-18)13-24-15-5-2-1-3-6-15/h1-11H,12-13H2. The number of ether oxygens (including phenoxy) is 2. The molecule has 0 bridgehead atoms. The quantitative estimate of drug-likeness (QED) is 0.447. The number of hydrogen-bond acceptors (Lipinski definition) is 7. The summed E-state index contributed by atoms with van der Waals surface area (Å²) < 4.78 is 26.6. The van der Waals surface area contributed by atoms with Gasteiger partial charge in [-0.25, -0.2) is 4.79 Å². The first-order valence-corrected chi connectivity index (χ1v) is 8.21. The molecular formula is C20H15NO6. The van der Waals surface area contributed by atoms with Crippen molar-refractivity contribution < 1.29 is 27.6 Å². The minimum atomic E-state index is -0.594. The number of rotatable bonds is 7. The zero-order chi connectivity index (χ0) is 18.5. The normalized spacial score (nSPS) is 10.7. The number of aromatic nitrogens is 1. The van der Waals surface area contributed by atoms with Crippen LogP contribution in [-0.4, -0.2) is 11.1 Å². The van der Waals surface area contributed by atoms with E-state index in [1.165, 1.54) is 6.26 Å². The minimum absolute atomic E-state index is 0.0421. The number of hydrogen-bond donors (Lipinski definition) is 0. The second-order valence-electron chi connectivity index (χ2n) is 5.60. The summed E-state index contributed by atoms with van der Waals surface area (Å²) in [5.74, 6) is 1.75. The minimum Gasteiger partial charge on any atom is -0.486 e. The molecule has 0 aliphatic heterocycles. The first-order valence-electron chi connectivity index (χ1n) is 8.21. The van der Waals surface area contributed by atoms with Gasteiger partial charge in [-0.2, -0.15) is 0 Å². The van der Waals surface area contributed by atoms with Crippen molar-refractivity contribution in [2.45, 2.75) is 13.2 Å². The molecule has 0 unspecified atom stereocenters. The van der Waals surface area contributed by atoms with Gasteiger partial charge in [0.1, 0.15) is 30.4 Å². The van der Waals surface area contributed by atoms with Crippen molar-refractivity contribution in [3.05, 3.63) is 84.1 Å². The van der Waals surface area contributed by atoms with E-state index < -0.39 is 5.97 Å². The Bertz CT molecular complexity index is 1000. The molecule has 0 atom stereocenters. The van der Waals surface area contributed by atoms with Crippen molar-refractivity contribution in [1.29, 1.82) is 0 Å². The van der Waals surface area contributed by atoms with Crippen LogP contribution < -0.4 is 4.74 Å². The van der Waals surface area contributed by atoms with Crippen LogP contribution in [-0.2, 0) is 18.0 Å². The zero-order valence-corrected chi connectivity index (χ0v) is 14.2. The van der Waals surface area contributed by atoms with Crippen LogP contribution in [0.5, 0.6) is 5.75 Å². The Morgan fingerprint density at radius 1 is 0.963 bits per heavy atom. The van der Waals surface area contributed by atoms with E-state index in [-0.39, 0.29) is 19.0 Å². The predicted molar refractivity (Wildman–Crippen MR) is 92.8 cm³/mol. The van der Waals surface area contributed by atoms with Crippen molar-refractivity contribution in [2.24, 2.45) is 0 Å². The van der Waals surface area contributed by atoms with Gasteiger partial charge in [0, 0.05) is 6.07 Å². The van der Waals surface area contributed by atoms with Crippen molar-refractivity contribution in [3.63, 3.8) is 0 Å². The fourth-order valence-corrected chi connectivity index (χ4v) is 2.36. The molecule has 7 heteroatoms. The van der Waals surface area contributed by atoms with Gasteiger partial charge in [-0.1, -0.05) is 23.4 Å². The highest BCUT2D eigenvalue weighted by Gasteiger charge is 2.15. The number of nitrogens with zero attached hydrogens (tertiary/aromatic N) is 1. The summed E-state index contributed by atoms with van der Waals surface area (Å²) in [5, 5.41) is 3.84. The van der Waals surface area contributed by atoms with Crippen molar-refractivity contribution in [3.8, 4) is 17.3 Å². The number of para-hydroxylation sites is 1. The fraction of sp³-hybridized carbons (Fsp3) is 0.100. The average molecular weight is 365 g/mol. The number of carbonyl (C=O) groups excluding carboxylic acids is 1. The van der Waals surface area contributed by atoms with Crippen molar-refractivity contribution in [1.82, 2.24) is 5.16 Å². The SMILES string of the molecule is O=C(OCc1cc(-c2ccco2)on1)c1ccc(COc2ccccc2)o1. The third kappa shape index (κ3) is 4.09. The third-order valence-corrected chi connectivity index (χ3v) is 3.66.